The van der Waals surface area contributed by atoms with Crippen LogP contribution in [0.3, 0.4) is 0 Å². The highest BCUT2D eigenvalue weighted by molar-refractivity contribution is 7.59. The summed E-state index contributed by atoms with van der Waals surface area (Å²) in [5, 5.41) is 17.0. The van der Waals surface area contributed by atoms with Crippen molar-refractivity contribution in [3.63, 3.8) is 0 Å². The molecule has 0 spiro atoms. The largest absolute Gasteiger partial charge is 0.478 e. The van der Waals surface area contributed by atoms with Gasteiger partial charge in [0, 0.05) is 35.9 Å². The highest BCUT2D eigenvalue weighted by Crippen LogP contribution is 2.09. The van der Waals surface area contributed by atoms with Crippen molar-refractivity contribution in [1.29, 1.82) is 0 Å². The second kappa shape index (κ2) is 9.91. The van der Waals surface area contributed by atoms with Crippen LogP contribution in [0.1, 0.15) is 11.1 Å². The van der Waals surface area contributed by atoms with Crippen LogP contribution in [0.25, 0.3) is 11.1 Å². The summed E-state index contributed by atoms with van der Waals surface area (Å²) in [5.41, 5.74) is 1.22. The molecule has 0 amide bonds. The van der Waals surface area contributed by atoms with Gasteiger partial charge in [-0.05, 0) is 12.1 Å². The smallest absolute Gasteiger partial charge is 0.335 e. The molecule has 0 saturated heterocycles. The number of hydrogen-bond acceptors (Lipinski definition) is 4. The molecule has 0 aliphatic rings. The third kappa shape index (κ3) is 6.58. The Kier molecular flexibility index (Phi) is 8.65. The van der Waals surface area contributed by atoms with E-state index in [2.05, 4.69) is 23.1 Å². The van der Waals surface area contributed by atoms with Gasteiger partial charge in [-0.25, -0.2) is 9.59 Å². The molecule has 0 aliphatic heterocycles. The number of carbonyl (C=O) groups is 2. The quantitative estimate of drug-likeness (QED) is 0.834. The molecule has 6 nitrogen and oxygen atoms in total. The topological polar surface area (TPSA) is 100 Å². The summed E-state index contributed by atoms with van der Waals surface area (Å²) in [6.07, 6.45) is 6.10. The van der Waals surface area contributed by atoms with Gasteiger partial charge in [-0.15, -0.1) is 0 Å². The lowest BCUT2D eigenvalue weighted by Gasteiger charge is -1.96. The van der Waals surface area contributed by atoms with Gasteiger partial charge in [-0.1, -0.05) is 25.3 Å². The first-order valence-corrected chi connectivity index (χ1v) is 6.08. The fourth-order valence-electron chi connectivity index (χ4n) is 1.33. The molecule has 2 aromatic heterocycles. The summed E-state index contributed by atoms with van der Waals surface area (Å²) >= 11 is 0. The van der Waals surface area contributed by atoms with E-state index in [1.165, 1.54) is 12.4 Å². The average Bonchev–Trinajstić information content (AvgIpc) is 2.55. The van der Waals surface area contributed by atoms with Crippen LogP contribution >= 0.6 is 13.5 Å². The Balaban J connectivity index is 0.000000403. The van der Waals surface area contributed by atoms with Gasteiger partial charge in [-0.2, -0.15) is 13.5 Å². The minimum atomic E-state index is -1.02. The van der Waals surface area contributed by atoms with E-state index in [1.807, 2.05) is 0 Å². The zero-order valence-electron chi connectivity index (χ0n) is 12.1. The van der Waals surface area contributed by atoms with Crippen LogP contribution in [0.4, 0.5) is 0 Å². The SMILES string of the molecule is C=C(C(=O)O)c1cccnc1.C=C(C(=O)O)c1cccnc1.S. The zero-order valence-corrected chi connectivity index (χ0v) is 13.1. The van der Waals surface area contributed by atoms with Crippen molar-refractivity contribution >= 4 is 36.6 Å². The van der Waals surface area contributed by atoms with Crippen LogP contribution in [0.15, 0.2) is 62.2 Å². The minimum absolute atomic E-state index is 0. The molecule has 0 aliphatic carbocycles. The zero-order chi connectivity index (χ0) is 16.5. The van der Waals surface area contributed by atoms with Crippen molar-refractivity contribution in [2.24, 2.45) is 0 Å². The van der Waals surface area contributed by atoms with Crippen LogP contribution in [-0.4, -0.2) is 32.1 Å². The van der Waals surface area contributed by atoms with E-state index < -0.39 is 11.9 Å². The predicted octanol–water partition coefficient (Wildman–Crippen LogP) is 2.47. The molecule has 0 bridgehead atoms. The van der Waals surface area contributed by atoms with Gasteiger partial charge in [0.05, 0.1) is 11.1 Å². The lowest BCUT2D eigenvalue weighted by molar-refractivity contribution is -0.131. The van der Waals surface area contributed by atoms with Gasteiger partial charge in [0.15, 0.2) is 0 Å². The Hall–Kier alpha value is -2.93. The summed E-state index contributed by atoms with van der Waals surface area (Å²) in [6, 6.07) is 6.65. The van der Waals surface area contributed by atoms with E-state index in [0.717, 1.165) is 0 Å². The summed E-state index contributed by atoms with van der Waals surface area (Å²) in [7, 11) is 0. The van der Waals surface area contributed by atoms with Gasteiger partial charge in [0.2, 0.25) is 0 Å². The van der Waals surface area contributed by atoms with Gasteiger partial charge in [-0.3, -0.25) is 9.97 Å². The summed E-state index contributed by atoms with van der Waals surface area (Å²) in [4.78, 5) is 28.3. The normalized spacial score (nSPS) is 8.70. The maximum Gasteiger partial charge on any atom is 0.335 e. The van der Waals surface area contributed by atoms with E-state index in [1.54, 1.807) is 36.7 Å². The Bertz CT molecular complexity index is 626. The van der Waals surface area contributed by atoms with Crippen molar-refractivity contribution in [2.75, 3.05) is 0 Å². The highest BCUT2D eigenvalue weighted by atomic mass is 32.1. The third-order valence-electron chi connectivity index (χ3n) is 2.54. The first-order chi connectivity index (χ1) is 10.4. The minimum Gasteiger partial charge on any atom is -0.478 e. The molecule has 23 heavy (non-hydrogen) atoms. The second-order valence-corrected chi connectivity index (χ2v) is 4.05. The fraction of sp³-hybridized carbons (Fsp3) is 0. The number of aromatic nitrogens is 2. The molecule has 0 radical (unpaired) electrons. The van der Waals surface area contributed by atoms with Crippen molar-refractivity contribution in [2.45, 2.75) is 0 Å². The molecule has 0 unspecified atom stereocenters. The van der Waals surface area contributed by atoms with E-state index in [4.69, 9.17) is 10.2 Å². The Morgan fingerprint density at radius 1 is 0.826 bits per heavy atom. The Morgan fingerprint density at radius 3 is 1.39 bits per heavy atom. The van der Waals surface area contributed by atoms with Gasteiger partial charge >= 0.3 is 11.9 Å². The van der Waals surface area contributed by atoms with Gasteiger partial charge in [0.1, 0.15) is 0 Å². The molecule has 0 saturated carbocycles. The molecule has 2 N–H and O–H groups in total. The lowest BCUT2D eigenvalue weighted by Crippen LogP contribution is -1.97. The monoisotopic (exact) mass is 332 g/mol. The first-order valence-electron chi connectivity index (χ1n) is 6.08. The van der Waals surface area contributed by atoms with Crippen molar-refractivity contribution < 1.29 is 19.8 Å². The molecule has 2 heterocycles. The van der Waals surface area contributed by atoms with Crippen molar-refractivity contribution in [3.05, 3.63) is 73.3 Å². The van der Waals surface area contributed by atoms with Crippen LogP contribution in [0.5, 0.6) is 0 Å². The van der Waals surface area contributed by atoms with Crippen LogP contribution in [0.2, 0.25) is 0 Å². The maximum atomic E-state index is 10.4. The molecule has 2 aromatic rings. The van der Waals surface area contributed by atoms with E-state index >= 15 is 0 Å². The third-order valence-corrected chi connectivity index (χ3v) is 2.54. The standard InChI is InChI=1S/2C8H7NO2.H2S/c2*1-6(8(10)11)7-3-2-4-9-5-7;/h2*2-5H,1H2,(H,10,11);1H2. The molecular formula is C16H16N2O4S. The average molecular weight is 332 g/mol. The Labute approximate surface area is 140 Å². The molecule has 2 rings (SSSR count). The number of aliphatic carboxylic acids is 2. The number of carboxylic acids is 2. The van der Waals surface area contributed by atoms with Crippen LogP contribution in [-0.2, 0) is 9.59 Å². The van der Waals surface area contributed by atoms with E-state index in [0.29, 0.717) is 11.1 Å². The van der Waals surface area contributed by atoms with E-state index in [-0.39, 0.29) is 24.6 Å². The number of hydrogen-bond donors (Lipinski definition) is 2. The van der Waals surface area contributed by atoms with Crippen LogP contribution < -0.4 is 0 Å². The maximum absolute atomic E-state index is 10.4. The summed E-state index contributed by atoms with van der Waals surface area (Å²) in [6.45, 7) is 6.77. The summed E-state index contributed by atoms with van der Waals surface area (Å²) < 4.78 is 0. The van der Waals surface area contributed by atoms with Gasteiger partial charge < -0.3 is 10.2 Å². The second-order valence-electron chi connectivity index (χ2n) is 4.05. The molecule has 7 heteroatoms. The fourth-order valence-corrected chi connectivity index (χ4v) is 1.33. The highest BCUT2D eigenvalue weighted by Gasteiger charge is 2.05. The lowest BCUT2D eigenvalue weighted by atomic mass is 10.1. The molecule has 120 valence electrons. The molecule has 0 aromatic carbocycles. The number of pyridine rings is 2. The molecule has 0 atom stereocenters. The van der Waals surface area contributed by atoms with Crippen molar-refractivity contribution in [1.82, 2.24) is 9.97 Å². The number of nitrogens with zero attached hydrogens (tertiary/aromatic N) is 2. The number of carboxylic acid groups (broad SMARTS) is 2. The summed E-state index contributed by atoms with van der Waals surface area (Å²) in [5.74, 6) is -2.03. The van der Waals surface area contributed by atoms with Crippen LogP contribution in [0, 0.1) is 0 Å². The molecule has 0 fully saturated rings. The van der Waals surface area contributed by atoms with E-state index in [9.17, 15) is 9.59 Å². The Morgan fingerprint density at radius 2 is 1.17 bits per heavy atom. The first kappa shape index (κ1) is 20.1. The van der Waals surface area contributed by atoms with Gasteiger partial charge in [0.25, 0.3) is 0 Å². The predicted molar refractivity (Wildman–Crippen MR) is 92.2 cm³/mol. The number of rotatable bonds is 4. The molecular weight excluding hydrogens is 316 g/mol. The van der Waals surface area contributed by atoms with Crippen molar-refractivity contribution in [3.8, 4) is 0 Å².